The summed E-state index contributed by atoms with van der Waals surface area (Å²) in [5, 5.41) is 0. The van der Waals surface area contributed by atoms with Gasteiger partial charge < -0.3 is 4.79 Å². The lowest BCUT2D eigenvalue weighted by Gasteiger charge is -2.14. The summed E-state index contributed by atoms with van der Waals surface area (Å²) >= 11 is 0. The molecule has 3 aromatic rings. The second-order valence-electron chi connectivity index (χ2n) is 11.1. The number of aryl methyl sites for hydroxylation is 3. The molecule has 4 nitrogen and oxygen atoms in total. The molecule has 0 bridgehead atoms. The highest BCUT2D eigenvalue weighted by atomic mass is 16.1. The predicted molar refractivity (Wildman–Crippen MR) is 149 cm³/mol. The average molecular weight is 497 g/mol. The molecule has 2 unspecified atom stereocenters. The van der Waals surface area contributed by atoms with Crippen molar-refractivity contribution in [2.75, 3.05) is 0 Å². The van der Waals surface area contributed by atoms with Crippen LogP contribution in [0.3, 0.4) is 0 Å². The van der Waals surface area contributed by atoms with E-state index in [4.69, 9.17) is 4.98 Å². The first-order valence-corrected chi connectivity index (χ1v) is 13.8. The lowest BCUT2D eigenvalue weighted by atomic mass is 9.92. The van der Waals surface area contributed by atoms with Crippen LogP contribution in [-0.4, -0.2) is 21.5 Å². The van der Waals surface area contributed by atoms with Crippen molar-refractivity contribution >= 4 is 11.6 Å². The van der Waals surface area contributed by atoms with E-state index in [9.17, 15) is 9.59 Å². The molecule has 4 heteroatoms. The van der Waals surface area contributed by atoms with Crippen molar-refractivity contribution in [2.45, 2.75) is 85.0 Å². The van der Waals surface area contributed by atoms with Gasteiger partial charge in [0, 0.05) is 43.0 Å². The summed E-state index contributed by atoms with van der Waals surface area (Å²) in [7, 11) is 0. The van der Waals surface area contributed by atoms with Gasteiger partial charge in [-0.05, 0) is 104 Å². The number of benzene rings is 1. The number of carbonyl (C=O) groups excluding carboxylic acids is 2. The molecule has 2 aromatic heterocycles. The largest absolute Gasteiger partial charge is 0.300 e. The van der Waals surface area contributed by atoms with E-state index < -0.39 is 0 Å². The van der Waals surface area contributed by atoms with Gasteiger partial charge in [0.1, 0.15) is 11.6 Å². The maximum Gasteiger partial charge on any atom is 0.137 e. The second kappa shape index (κ2) is 12.9. The van der Waals surface area contributed by atoms with E-state index in [2.05, 4.69) is 48.3 Å². The van der Waals surface area contributed by atoms with Gasteiger partial charge in [0.05, 0.1) is 0 Å². The van der Waals surface area contributed by atoms with Gasteiger partial charge >= 0.3 is 0 Å². The van der Waals surface area contributed by atoms with Crippen LogP contribution in [0.15, 0.2) is 54.9 Å². The highest BCUT2D eigenvalue weighted by Gasteiger charge is 2.20. The average Bonchev–Trinajstić information content (AvgIpc) is 3.08. The Morgan fingerprint density at radius 3 is 2.41 bits per heavy atom. The normalized spacial score (nSPS) is 17.8. The fraction of sp³-hybridized carbons (Fsp3) is 0.455. The number of nitrogens with zero attached hydrogens (tertiary/aromatic N) is 2. The number of aromatic nitrogens is 2. The molecule has 0 N–H and O–H groups in total. The third-order valence-corrected chi connectivity index (χ3v) is 7.76. The molecule has 194 valence electrons. The topological polar surface area (TPSA) is 59.9 Å². The standard InChI is InChI=1S/C33H40N2O2/c1-23-17-29(11-14-33(23)30-15-16-34-24(2)18-30)21-32(37)13-10-28-9-12-31(35-22-28)20-27-6-4-5-26(7-8-27)19-25(3)36/h9,11-12,14-18,22,26-27H,4-8,10,13,19-21H2,1-3H3. The quantitative estimate of drug-likeness (QED) is 0.278. The molecule has 0 amide bonds. The van der Waals surface area contributed by atoms with Crippen molar-refractivity contribution in [3.63, 3.8) is 0 Å². The SMILES string of the molecule is CC(=O)CC1CCCC(Cc2ccc(CCC(=O)Cc3ccc(-c4ccnc(C)c4)c(C)c3)cn2)CC1. The molecule has 1 fully saturated rings. The van der Waals surface area contributed by atoms with Gasteiger partial charge in [-0.2, -0.15) is 0 Å². The number of Topliss-reactive ketones (excluding diaryl/α,β-unsaturated/α-hetero) is 2. The molecular weight excluding hydrogens is 456 g/mol. The Hall–Kier alpha value is -3.14. The molecule has 1 aliphatic rings. The molecule has 0 saturated heterocycles. The molecular formula is C33H40N2O2. The molecule has 4 rings (SSSR count). The zero-order valence-electron chi connectivity index (χ0n) is 22.6. The summed E-state index contributed by atoms with van der Waals surface area (Å²) in [5.41, 5.74) is 7.87. The van der Waals surface area contributed by atoms with Gasteiger partial charge in [-0.25, -0.2) is 0 Å². The van der Waals surface area contributed by atoms with Crippen molar-refractivity contribution in [2.24, 2.45) is 11.8 Å². The minimum atomic E-state index is 0.259. The van der Waals surface area contributed by atoms with Crippen molar-refractivity contribution in [1.29, 1.82) is 0 Å². The molecule has 0 spiro atoms. The Bertz CT molecular complexity index is 1220. The van der Waals surface area contributed by atoms with Crippen LogP contribution in [-0.2, 0) is 28.9 Å². The zero-order valence-corrected chi connectivity index (χ0v) is 22.6. The minimum absolute atomic E-state index is 0.259. The monoisotopic (exact) mass is 496 g/mol. The van der Waals surface area contributed by atoms with Gasteiger partial charge in [-0.15, -0.1) is 0 Å². The van der Waals surface area contributed by atoms with E-state index in [1.807, 2.05) is 25.4 Å². The molecule has 37 heavy (non-hydrogen) atoms. The van der Waals surface area contributed by atoms with Crippen molar-refractivity contribution in [3.05, 3.63) is 82.9 Å². The van der Waals surface area contributed by atoms with Crippen LogP contribution in [0.4, 0.5) is 0 Å². The van der Waals surface area contributed by atoms with Crippen LogP contribution in [0.25, 0.3) is 11.1 Å². The molecule has 1 aromatic carbocycles. The first kappa shape index (κ1) is 26.9. The van der Waals surface area contributed by atoms with E-state index in [0.29, 0.717) is 30.5 Å². The summed E-state index contributed by atoms with van der Waals surface area (Å²) in [6.07, 6.45) is 13.3. The van der Waals surface area contributed by atoms with Gasteiger partial charge in [0.25, 0.3) is 0 Å². The fourth-order valence-corrected chi connectivity index (χ4v) is 5.76. The van der Waals surface area contributed by atoms with Gasteiger partial charge in [0.2, 0.25) is 0 Å². The predicted octanol–water partition coefficient (Wildman–Crippen LogP) is 7.22. The number of ketones is 2. The summed E-state index contributed by atoms with van der Waals surface area (Å²) in [6.45, 7) is 5.82. The number of hydrogen-bond acceptors (Lipinski definition) is 4. The Morgan fingerprint density at radius 2 is 1.68 bits per heavy atom. The fourth-order valence-electron chi connectivity index (χ4n) is 5.76. The lowest BCUT2D eigenvalue weighted by Crippen LogP contribution is -2.07. The molecule has 2 atom stereocenters. The van der Waals surface area contributed by atoms with E-state index in [1.54, 1.807) is 6.92 Å². The Labute approximate surface area is 222 Å². The second-order valence-corrected chi connectivity index (χ2v) is 11.1. The Kier molecular flexibility index (Phi) is 9.38. The molecule has 1 aliphatic carbocycles. The third-order valence-electron chi connectivity index (χ3n) is 7.76. The molecule has 2 heterocycles. The van der Waals surface area contributed by atoms with Crippen molar-refractivity contribution < 1.29 is 9.59 Å². The van der Waals surface area contributed by atoms with Crippen LogP contribution in [0.1, 0.15) is 79.9 Å². The van der Waals surface area contributed by atoms with Crippen LogP contribution in [0, 0.1) is 25.7 Å². The van der Waals surface area contributed by atoms with Gasteiger partial charge in [-0.3, -0.25) is 14.8 Å². The van der Waals surface area contributed by atoms with Crippen LogP contribution < -0.4 is 0 Å². The van der Waals surface area contributed by atoms with Gasteiger partial charge in [0.15, 0.2) is 0 Å². The number of hydrogen-bond donors (Lipinski definition) is 0. The van der Waals surface area contributed by atoms with E-state index in [1.165, 1.54) is 36.8 Å². The maximum atomic E-state index is 12.7. The Morgan fingerprint density at radius 1 is 0.892 bits per heavy atom. The minimum Gasteiger partial charge on any atom is -0.300 e. The summed E-state index contributed by atoms with van der Waals surface area (Å²) in [4.78, 5) is 33.2. The summed E-state index contributed by atoms with van der Waals surface area (Å²) in [5.74, 6) is 1.81. The van der Waals surface area contributed by atoms with Crippen LogP contribution >= 0.6 is 0 Å². The number of carbonyl (C=O) groups is 2. The highest BCUT2D eigenvalue weighted by molar-refractivity contribution is 5.81. The molecule has 1 saturated carbocycles. The number of pyridine rings is 2. The smallest absolute Gasteiger partial charge is 0.137 e. The molecule has 0 radical (unpaired) electrons. The first-order valence-electron chi connectivity index (χ1n) is 13.8. The van der Waals surface area contributed by atoms with E-state index >= 15 is 0 Å². The van der Waals surface area contributed by atoms with Crippen LogP contribution in [0.5, 0.6) is 0 Å². The lowest BCUT2D eigenvalue weighted by molar-refractivity contribution is -0.119. The van der Waals surface area contributed by atoms with Crippen LogP contribution in [0.2, 0.25) is 0 Å². The maximum absolute atomic E-state index is 12.7. The third kappa shape index (κ3) is 8.18. The first-order chi connectivity index (χ1) is 17.9. The van der Waals surface area contributed by atoms with E-state index in [-0.39, 0.29) is 5.78 Å². The number of rotatable bonds is 10. The Balaban J connectivity index is 1.24. The summed E-state index contributed by atoms with van der Waals surface area (Å²) < 4.78 is 0. The van der Waals surface area contributed by atoms with Crippen molar-refractivity contribution in [3.8, 4) is 11.1 Å². The molecule has 0 aliphatic heterocycles. The highest BCUT2D eigenvalue weighted by Crippen LogP contribution is 2.31. The van der Waals surface area contributed by atoms with E-state index in [0.717, 1.165) is 53.8 Å². The zero-order chi connectivity index (χ0) is 26.2. The van der Waals surface area contributed by atoms with Gasteiger partial charge in [-0.1, -0.05) is 43.5 Å². The van der Waals surface area contributed by atoms with Crippen molar-refractivity contribution in [1.82, 2.24) is 9.97 Å². The summed E-state index contributed by atoms with van der Waals surface area (Å²) in [6, 6.07) is 14.7.